The van der Waals surface area contributed by atoms with Crippen LogP contribution < -0.4 is 0 Å². The van der Waals surface area contributed by atoms with Gasteiger partial charge in [-0.15, -0.1) is 0 Å². The summed E-state index contributed by atoms with van der Waals surface area (Å²) in [7, 11) is 0. The number of rotatable bonds is 2. The van der Waals surface area contributed by atoms with E-state index in [0.29, 0.717) is 6.42 Å². The molecule has 0 radical (unpaired) electrons. The highest BCUT2D eigenvalue weighted by Crippen LogP contribution is 2.29. The third-order valence-electron chi connectivity index (χ3n) is 2.72. The molecule has 1 unspecified atom stereocenters. The summed E-state index contributed by atoms with van der Waals surface area (Å²) in [6, 6.07) is 0. The van der Waals surface area contributed by atoms with E-state index in [1.807, 2.05) is 0 Å². The zero-order valence-electron chi connectivity index (χ0n) is 8.43. The molecule has 0 amide bonds. The number of esters is 4. The number of carbonyl (C=O) groups is 4. The Morgan fingerprint density at radius 2 is 1.44 bits per heavy atom. The van der Waals surface area contributed by atoms with Crippen molar-refractivity contribution in [2.75, 3.05) is 0 Å². The fourth-order valence-electron chi connectivity index (χ4n) is 2.02. The molecule has 6 nitrogen and oxygen atoms in total. The van der Waals surface area contributed by atoms with E-state index in [-0.39, 0.29) is 25.2 Å². The second kappa shape index (κ2) is 4.03. The molecule has 2 aliphatic rings. The van der Waals surface area contributed by atoms with Gasteiger partial charge in [0.25, 0.3) is 0 Å². The van der Waals surface area contributed by atoms with Gasteiger partial charge in [-0.3, -0.25) is 19.2 Å². The second-order valence-electron chi connectivity index (χ2n) is 4.05. The van der Waals surface area contributed by atoms with Gasteiger partial charge in [0.05, 0.1) is 12.3 Å². The van der Waals surface area contributed by atoms with Crippen LogP contribution >= 0.6 is 0 Å². The van der Waals surface area contributed by atoms with Gasteiger partial charge in [0.15, 0.2) is 0 Å². The molecule has 0 spiro atoms. The molecule has 16 heavy (non-hydrogen) atoms. The Morgan fingerprint density at radius 1 is 0.875 bits per heavy atom. The van der Waals surface area contributed by atoms with Gasteiger partial charge in [0.1, 0.15) is 0 Å². The van der Waals surface area contributed by atoms with Crippen LogP contribution in [0, 0.1) is 11.8 Å². The molecule has 2 aliphatic heterocycles. The Hall–Kier alpha value is -1.72. The van der Waals surface area contributed by atoms with Gasteiger partial charge in [0.2, 0.25) is 0 Å². The van der Waals surface area contributed by atoms with Crippen LogP contribution in [0.3, 0.4) is 0 Å². The smallest absolute Gasteiger partial charge is 0.317 e. The maximum atomic E-state index is 11.2. The first-order valence-electron chi connectivity index (χ1n) is 5.02. The minimum absolute atomic E-state index is 0.0402. The fraction of sp³-hybridized carbons (Fsp3) is 0.600. The van der Waals surface area contributed by atoms with Gasteiger partial charge >= 0.3 is 23.9 Å². The molecular formula is C10H10O6. The number of hydrogen-bond donors (Lipinski definition) is 0. The highest BCUT2D eigenvalue weighted by Gasteiger charge is 2.37. The lowest BCUT2D eigenvalue weighted by Crippen LogP contribution is -2.27. The standard InChI is InChI=1S/C10H10O6/c11-7-2-5(3-8(12)15-7)1-6-4-9(13)16-10(6)14/h5-6H,1-4H2. The Balaban J connectivity index is 1.94. The molecule has 0 N–H and O–H groups in total. The maximum absolute atomic E-state index is 11.2. The average Bonchev–Trinajstić information content (AvgIpc) is 2.43. The van der Waals surface area contributed by atoms with Crippen LogP contribution in [0.15, 0.2) is 0 Å². The van der Waals surface area contributed by atoms with Gasteiger partial charge < -0.3 is 9.47 Å². The van der Waals surface area contributed by atoms with Gasteiger partial charge in [0, 0.05) is 12.8 Å². The van der Waals surface area contributed by atoms with Gasteiger partial charge in [-0.2, -0.15) is 0 Å². The summed E-state index contributed by atoms with van der Waals surface area (Å²) in [6.45, 7) is 0. The minimum Gasteiger partial charge on any atom is -0.393 e. The van der Waals surface area contributed by atoms with E-state index in [2.05, 4.69) is 9.47 Å². The van der Waals surface area contributed by atoms with Crippen LogP contribution in [0.25, 0.3) is 0 Å². The molecular weight excluding hydrogens is 216 g/mol. The highest BCUT2D eigenvalue weighted by molar-refractivity contribution is 5.94. The normalized spacial score (nSPS) is 26.9. The molecule has 0 aromatic heterocycles. The van der Waals surface area contributed by atoms with Gasteiger partial charge in [-0.1, -0.05) is 0 Å². The summed E-state index contributed by atoms with van der Waals surface area (Å²) in [6.07, 6.45) is 0.595. The van der Waals surface area contributed by atoms with E-state index in [0.717, 1.165) is 0 Å². The summed E-state index contributed by atoms with van der Waals surface area (Å²) in [5.74, 6) is -2.98. The van der Waals surface area contributed by atoms with Crippen LogP contribution in [0.4, 0.5) is 0 Å². The summed E-state index contributed by atoms with van der Waals surface area (Å²) < 4.78 is 8.76. The average molecular weight is 226 g/mol. The predicted molar refractivity (Wildman–Crippen MR) is 47.6 cm³/mol. The van der Waals surface area contributed by atoms with Crippen LogP contribution in [0.1, 0.15) is 25.7 Å². The molecule has 86 valence electrons. The molecule has 0 aromatic carbocycles. The Labute approximate surface area is 90.9 Å². The Bertz CT molecular complexity index is 356. The summed E-state index contributed by atoms with van der Waals surface area (Å²) in [5.41, 5.74) is 0. The summed E-state index contributed by atoms with van der Waals surface area (Å²) in [5, 5.41) is 0. The number of hydrogen-bond acceptors (Lipinski definition) is 6. The van der Waals surface area contributed by atoms with Crippen molar-refractivity contribution >= 4 is 23.9 Å². The predicted octanol–water partition coefficient (Wildman–Crippen LogP) is -0.0540. The van der Waals surface area contributed by atoms with Crippen LogP contribution in [0.2, 0.25) is 0 Å². The molecule has 0 aromatic rings. The minimum atomic E-state index is -0.570. The third-order valence-corrected chi connectivity index (χ3v) is 2.72. The van der Waals surface area contributed by atoms with Crippen molar-refractivity contribution in [3.63, 3.8) is 0 Å². The summed E-state index contributed by atoms with van der Waals surface area (Å²) in [4.78, 5) is 44.0. The first kappa shape index (κ1) is 10.8. The van der Waals surface area contributed by atoms with Crippen molar-refractivity contribution in [3.05, 3.63) is 0 Å². The Kier molecular flexibility index (Phi) is 2.72. The monoisotopic (exact) mass is 226 g/mol. The molecule has 2 saturated heterocycles. The zero-order valence-corrected chi connectivity index (χ0v) is 8.43. The molecule has 0 bridgehead atoms. The topological polar surface area (TPSA) is 86.7 Å². The van der Waals surface area contributed by atoms with E-state index < -0.39 is 29.8 Å². The van der Waals surface area contributed by atoms with Crippen molar-refractivity contribution in [2.45, 2.75) is 25.7 Å². The van der Waals surface area contributed by atoms with Crippen molar-refractivity contribution in [1.29, 1.82) is 0 Å². The van der Waals surface area contributed by atoms with E-state index in [1.54, 1.807) is 0 Å². The van der Waals surface area contributed by atoms with E-state index >= 15 is 0 Å². The number of ether oxygens (including phenoxy) is 2. The molecule has 0 saturated carbocycles. The lowest BCUT2D eigenvalue weighted by molar-refractivity contribution is -0.166. The van der Waals surface area contributed by atoms with Crippen molar-refractivity contribution in [3.8, 4) is 0 Å². The SMILES string of the molecule is O=C1CC(CC2CC(=O)OC2=O)CC(=O)O1. The first-order chi connectivity index (χ1) is 7.54. The molecule has 0 aliphatic carbocycles. The molecule has 6 heteroatoms. The third kappa shape index (κ3) is 2.26. The Morgan fingerprint density at radius 3 is 1.94 bits per heavy atom. The molecule has 1 atom stereocenters. The fourth-order valence-corrected chi connectivity index (χ4v) is 2.02. The van der Waals surface area contributed by atoms with Crippen LogP contribution in [0.5, 0.6) is 0 Å². The molecule has 2 fully saturated rings. The number of carbonyl (C=O) groups excluding carboxylic acids is 4. The van der Waals surface area contributed by atoms with Crippen molar-refractivity contribution < 1.29 is 28.7 Å². The maximum Gasteiger partial charge on any atom is 0.317 e. The first-order valence-corrected chi connectivity index (χ1v) is 5.02. The lowest BCUT2D eigenvalue weighted by Gasteiger charge is -2.20. The second-order valence-corrected chi connectivity index (χ2v) is 4.05. The largest absolute Gasteiger partial charge is 0.393 e. The molecule has 2 heterocycles. The van der Waals surface area contributed by atoms with E-state index in [4.69, 9.17) is 0 Å². The summed E-state index contributed by atoms with van der Waals surface area (Å²) >= 11 is 0. The van der Waals surface area contributed by atoms with E-state index in [9.17, 15) is 19.2 Å². The van der Waals surface area contributed by atoms with Crippen LogP contribution in [-0.4, -0.2) is 23.9 Å². The number of cyclic esters (lactones) is 4. The van der Waals surface area contributed by atoms with Crippen molar-refractivity contribution in [2.24, 2.45) is 11.8 Å². The lowest BCUT2D eigenvalue weighted by atomic mass is 9.88. The van der Waals surface area contributed by atoms with Gasteiger partial charge in [-0.05, 0) is 12.3 Å². The quantitative estimate of drug-likeness (QED) is 0.484. The zero-order chi connectivity index (χ0) is 11.7. The van der Waals surface area contributed by atoms with Crippen molar-refractivity contribution in [1.82, 2.24) is 0 Å². The van der Waals surface area contributed by atoms with Gasteiger partial charge in [-0.25, -0.2) is 0 Å². The highest BCUT2D eigenvalue weighted by atomic mass is 16.6. The van der Waals surface area contributed by atoms with Crippen LogP contribution in [-0.2, 0) is 28.7 Å². The molecule has 2 rings (SSSR count). The van der Waals surface area contributed by atoms with E-state index in [1.165, 1.54) is 0 Å².